The summed E-state index contributed by atoms with van der Waals surface area (Å²) in [5.74, 6) is -0.581. The van der Waals surface area contributed by atoms with E-state index < -0.39 is 5.97 Å². The van der Waals surface area contributed by atoms with Gasteiger partial charge in [0.05, 0.1) is 5.92 Å². The van der Waals surface area contributed by atoms with E-state index in [2.05, 4.69) is 11.9 Å². The largest absolute Gasteiger partial charge is 0.481 e. The van der Waals surface area contributed by atoms with E-state index in [1.165, 1.54) is 0 Å². The summed E-state index contributed by atoms with van der Waals surface area (Å²) < 4.78 is 0. The Bertz CT molecular complexity index is 317. The van der Waals surface area contributed by atoms with E-state index in [1.807, 2.05) is 18.7 Å². The number of nitrogens with zero attached hydrogens (tertiary/aromatic N) is 2. The van der Waals surface area contributed by atoms with E-state index in [1.54, 1.807) is 0 Å². The monoisotopic (exact) mass is 284 g/mol. The van der Waals surface area contributed by atoms with Crippen molar-refractivity contribution < 1.29 is 14.7 Å². The number of carboxylic acid groups (broad SMARTS) is 1. The molecule has 2 rings (SSSR count). The molecule has 0 aromatic carbocycles. The van der Waals surface area contributed by atoms with Gasteiger partial charge < -0.3 is 14.9 Å². The highest BCUT2D eigenvalue weighted by molar-refractivity contribution is 5.79. The van der Waals surface area contributed by atoms with Crippen LogP contribution in [0.5, 0.6) is 0 Å². The first-order valence-corrected chi connectivity index (χ1v) is 7.78. The summed E-state index contributed by atoms with van der Waals surface area (Å²) in [6, 6.07) is 0. The molecule has 0 atom stereocenters. The van der Waals surface area contributed by atoms with Gasteiger partial charge in [-0.05, 0) is 45.8 Å². The molecule has 5 nitrogen and oxygen atoms in total. The number of carbonyl (C=O) groups excluding carboxylic acids is 1. The van der Waals surface area contributed by atoms with Gasteiger partial charge in [0.15, 0.2) is 0 Å². The van der Waals surface area contributed by atoms with Crippen LogP contribution < -0.4 is 0 Å². The van der Waals surface area contributed by atoms with Crippen LogP contribution in [0.15, 0.2) is 0 Å². The Balaban J connectivity index is 0.000000956. The number of rotatable bonds is 2. The lowest BCUT2D eigenvalue weighted by molar-refractivity contribution is -0.147. The van der Waals surface area contributed by atoms with Crippen molar-refractivity contribution in [1.82, 2.24) is 9.80 Å². The average molecular weight is 284 g/mol. The maximum absolute atomic E-state index is 12.3. The first-order chi connectivity index (χ1) is 9.58. The smallest absolute Gasteiger partial charge is 0.306 e. The Morgan fingerprint density at radius 1 is 0.900 bits per heavy atom. The molecule has 0 saturated carbocycles. The third-order valence-electron chi connectivity index (χ3n) is 4.22. The summed E-state index contributed by atoms with van der Waals surface area (Å²) in [6.07, 6.45) is 3.09. The summed E-state index contributed by atoms with van der Waals surface area (Å²) in [5.41, 5.74) is 0. The second-order valence-corrected chi connectivity index (χ2v) is 5.52. The molecule has 0 bridgehead atoms. The van der Waals surface area contributed by atoms with E-state index in [0.717, 1.165) is 25.9 Å². The summed E-state index contributed by atoms with van der Waals surface area (Å²) in [6.45, 7) is 7.20. The van der Waals surface area contributed by atoms with Crippen molar-refractivity contribution in [3.05, 3.63) is 0 Å². The molecule has 2 aliphatic rings. The number of likely N-dealkylation sites (tertiary alicyclic amines) is 2. The molecule has 0 unspecified atom stereocenters. The summed E-state index contributed by atoms with van der Waals surface area (Å²) in [7, 11) is 2.08. The van der Waals surface area contributed by atoms with E-state index in [4.69, 9.17) is 5.11 Å². The van der Waals surface area contributed by atoms with Gasteiger partial charge in [-0.15, -0.1) is 0 Å². The van der Waals surface area contributed by atoms with E-state index >= 15 is 0 Å². The lowest BCUT2D eigenvalue weighted by Crippen LogP contribution is -2.45. The fraction of sp³-hybridized carbons (Fsp3) is 0.867. The summed E-state index contributed by atoms with van der Waals surface area (Å²) in [5, 5.41) is 8.93. The highest BCUT2D eigenvalue weighted by Crippen LogP contribution is 2.23. The topological polar surface area (TPSA) is 60.9 Å². The molecular weight excluding hydrogens is 256 g/mol. The van der Waals surface area contributed by atoms with Gasteiger partial charge in [-0.3, -0.25) is 9.59 Å². The van der Waals surface area contributed by atoms with Crippen molar-refractivity contribution in [1.29, 1.82) is 0 Å². The Kier molecular flexibility index (Phi) is 6.99. The van der Waals surface area contributed by atoms with E-state index in [-0.39, 0.29) is 17.7 Å². The number of hydrogen-bond acceptors (Lipinski definition) is 3. The molecule has 2 fully saturated rings. The van der Waals surface area contributed by atoms with Crippen LogP contribution in [-0.2, 0) is 9.59 Å². The molecule has 2 saturated heterocycles. The number of aliphatic carboxylic acids is 1. The Morgan fingerprint density at radius 2 is 1.35 bits per heavy atom. The van der Waals surface area contributed by atoms with Crippen LogP contribution in [0, 0.1) is 11.8 Å². The second kappa shape index (κ2) is 8.25. The molecular formula is C15H28N2O3. The second-order valence-electron chi connectivity index (χ2n) is 5.52. The van der Waals surface area contributed by atoms with E-state index in [0.29, 0.717) is 25.9 Å². The molecule has 116 valence electrons. The van der Waals surface area contributed by atoms with Crippen molar-refractivity contribution in [3.63, 3.8) is 0 Å². The molecule has 0 radical (unpaired) electrons. The van der Waals surface area contributed by atoms with Crippen molar-refractivity contribution in [3.8, 4) is 0 Å². The van der Waals surface area contributed by atoms with Gasteiger partial charge in [-0.1, -0.05) is 13.8 Å². The van der Waals surface area contributed by atoms with Crippen LogP contribution in [-0.4, -0.2) is 60.0 Å². The first-order valence-electron chi connectivity index (χ1n) is 7.78. The van der Waals surface area contributed by atoms with Gasteiger partial charge in [0.2, 0.25) is 5.91 Å². The van der Waals surface area contributed by atoms with Gasteiger partial charge in [0.1, 0.15) is 0 Å². The maximum atomic E-state index is 12.3. The molecule has 0 aromatic heterocycles. The van der Waals surface area contributed by atoms with Crippen LogP contribution >= 0.6 is 0 Å². The minimum atomic E-state index is -0.721. The van der Waals surface area contributed by atoms with Gasteiger partial charge in [0, 0.05) is 19.0 Å². The lowest BCUT2D eigenvalue weighted by Gasteiger charge is -2.35. The molecule has 2 aliphatic heterocycles. The highest BCUT2D eigenvalue weighted by atomic mass is 16.4. The van der Waals surface area contributed by atoms with Gasteiger partial charge in [-0.2, -0.15) is 0 Å². The molecule has 0 aliphatic carbocycles. The summed E-state index contributed by atoms with van der Waals surface area (Å²) >= 11 is 0. The van der Waals surface area contributed by atoms with Gasteiger partial charge in [0.25, 0.3) is 0 Å². The lowest BCUT2D eigenvalue weighted by atomic mass is 9.92. The van der Waals surface area contributed by atoms with Crippen LogP contribution in [0.25, 0.3) is 0 Å². The average Bonchev–Trinajstić information content (AvgIpc) is 2.49. The van der Waals surface area contributed by atoms with Crippen molar-refractivity contribution >= 4 is 11.9 Å². The number of piperidine rings is 2. The number of carboxylic acids is 1. The van der Waals surface area contributed by atoms with Gasteiger partial charge in [-0.25, -0.2) is 0 Å². The predicted octanol–water partition coefficient (Wildman–Crippen LogP) is 1.68. The molecule has 0 spiro atoms. The Labute approximate surface area is 121 Å². The SMILES string of the molecule is CC.CN1CCC(C(=O)N2CCC(C(=O)O)CC2)CC1. The zero-order chi connectivity index (χ0) is 15.1. The zero-order valence-electron chi connectivity index (χ0n) is 13.0. The normalized spacial score (nSPS) is 22.1. The number of amides is 1. The predicted molar refractivity (Wildman–Crippen MR) is 78.5 cm³/mol. The first kappa shape index (κ1) is 17.0. The highest BCUT2D eigenvalue weighted by Gasteiger charge is 2.31. The van der Waals surface area contributed by atoms with Crippen LogP contribution in [0.2, 0.25) is 0 Å². The van der Waals surface area contributed by atoms with E-state index in [9.17, 15) is 9.59 Å². The van der Waals surface area contributed by atoms with Crippen LogP contribution in [0.1, 0.15) is 39.5 Å². The maximum Gasteiger partial charge on any atom is 0.306 e. The van der Waals surface area contributed by atoms with Crippen molar-refractivity contribution in [2.45, 2.75) is 39.5 Å². The summed E-state index contributed by atoms with van der Waals surface area (Å²) in [4.78, 5) is 27.3. The Morgan fingerprint density at radius 3 is 1.80 bits per heavy atom. The minimum Gasteiger partial charge on any atom is -0.481 e. The molecule has 1 N–H and O–H groups in total. The molecule has 5 heteroatoms. The number of hydrogen-bond donors (Lipinski definition) is 1. The quantitative estimate of drug-likeness (QED) is 0.838. The van der Waals surface area contributed by atoms with Crippen LogP contribution in [0.4, 0.5) is 0 Å². The standard InChI is InChI=1S/C13H22N2O3.C2H6/c1-14-6-2-10(3-7-14)12(16)15-8-4-11(5-9-15)13(17)18;1-2/h10-11H,2-9H2,1H3,(H,17,18);1-2H3. The molecule has 1 amide bonds. The number of carbonyl (C=O) groups is 2. The van der Waals surface area contributed by atoms with Gasteiger partial charge >= 0.3 is 5.97 Å². The minimum absolute atomic E-state index is 0.155. The zero-order valence-corrected chi connectivity index (χ0v) is 13.0. The fourth-order valence-corrected chi connectivity index (χ4v) is 2.86. The Hall–Kier alpha value is -1.10. The molecule has 0 aromatic rings. The van der Waals surface area contributed by atoms with Crippen LogP contribution in [0.3, 0.4) is 0 Å². The van der Waals surface area contributed by atoms with Crippen molar-refractivity contribution in [2.24, 2.45) is 11.8 Å². The third-order valence-corrected chi connectivity index (χ3v) is 4.22. The fourth-order valence-electron chi connectivity index (χ4n) is 2.86. The molecule has 2 heterocycles. The third kappa shape index (κ3) is 4.47. The molecule has 20 heavy (non-hydrogen) atoms. The van der Waals surface area contributed by atoms with Crippen molar-refractivity contribution in [2.75, 3.05) is 33.2 Å².